The van der Waals surface area contributed by atoms with E-state index in [1.165, 1.54) is 5.56 Å². The molecule has 0 aliphatic rings. The summed E-state index contributed by atoms with van der Waals surface area (Å²) in [6.07, 6.45) is 0.952. The molecule has 0 amide bonds. The molecule has 80 valence electrons. The van der Waals surface area contributed by atoms with Gasteiger partial charge < -0.3 is 10.4 Å². The Bertz CT molecular complexity index is 464. The monoisotopic (exact) mass is 221 g/mol. The van der Waals surface area contributed by atoms with Gasteiger partial charge in [-0.1, -0.05) is 6.07 Å². The van der Waals surface area contributed by atoms with E-state index in [0.717, 1.165) is 16.5 Å². The van der Waals surface area contributed by atoms with Crippen LogP contribution in [0, 0.1) is 0 Å². The van der Waals surface area contributed by atoms with Crippen molar-refractivity contribution in [2.24, 2.45) is 0 Å². The first-order valence-electron chi connectivity index (χ1n) is 5.07. The summed E-state index contributed by atoms with van der Waals surface area (Å²) in [5.41, 5.74) is 1.23. The van der Waals surface area contributed by atoms with Gasteiger partial charge in [0, 0.05) is 16.1 Å². The first-order chi connectivity index (χ1) is 7.22. The Hall–Kier alpha value is -1.06. The molecule has 0 bridgehead atoms. The van der Waals surface area contributed by atoms with Crippen LogP contribution in [-0.2, 0) is 6.42 Å². The topological polar surface area (TPSA) is 32.3 Å². The molecule has 2 rings (SSSR count). The molecule has 3 heteroatoms. The summed E-state index contributed by atoms with van der Waals surface area (Å²) in [6, 6.07) is 6.12. The first-order valence-corrected chi connectivity index (χ1v) is 5.95. The molecule has 0 spiro atoms. The van der Waals surface area contributed by atoms with E-state index in [0.29, 0.717) is 11.8 Å². The predicted octanol–water partition coefficient (Wildman–Crippen LogP) is 2.76. The van der Waals surface area contributed by atoms with Crippen molar-refractivity contribution in [2.45, 2.75) is 19.4 Å². The highest BCUT2D eigenvalue weighted by Crippen LogP contribution is 2.33. The highest BCUT2D eigenvalue weighted by atomic mass is 32.1. The average Bonchev–Trinajstić information content (AvgIpc) is 2.63. The summed E-state index contributed by atoms with van der Waals surface area (Å²) in [4.78, 5) is 0. The Morgan fingerprint density at radius 2 is 2.27 bits per heavy atom. The van der Waals surface area contributed by atoms with Crippen molar-refractivity contribution in [3.63, 3.8) is 0 Å². The van der Waals surface area contributed by atoms with E-state index < -0.39 is 0 Å². The fraction of sp³-hybridized carbons (Fsp3) is 0.333. The lowest BCUT2D eigenvalue weighted by Crippen LogP contribution is -2.23. The van der Waals surface area contributed by atoms with Crippen LogP contribution < -0.4 is 5.32 Å². The summed E-state index contributed by atoms with van der Waals surface area (Å²) < 4.78 is 1.16. The molecule has 0 fully saturated rings. The number of nitrogens with one attached hydrogen (secondary N) is 1. The van der Waals surface area contributed by atoms with E-state index in [2.05, 4.69) is 17.6 Å². The Labute approximate surface area is 93.6 Å². The molecule has 2 N–H and O–H groups in total. The zero-order valence-electron chi connectivity index (χ0n) is 8.95. The Balaban J connectivity index is 2.43. The number of fused-ring (bicyclic) bond motifs is 1. The maximum absolute atomic E-state index is 9.81. The second kappa shape index (κ2) is 4.21. The number of likely N-dealkylation sites (N-methyl/N-ethyl adjacent to an activating group) is 1. The zero-order chi connectivity index (χ0) is 10.8. The highest BCUT2D eigenvalue weighted by Gasteiger charge is 2.10. The maximum Gasteiger partial charge on any atom is 0.124 e. The lowest BCUT2D eigenvalue weighted by Gasteiger charge is -2.09. The van der Waals surface area contributed by atoms with E-state index in [1.54, 1.807) is 17.4 Å². The molecule has 1 heterocycles. The van der Waals surface area contributed by atoms with Gasteiger partial charge in [-0.15, -0.1) is 11.3 Å². The summed E-state index contributed by atoms with van der Waals surface area (Å²) in [6.45, 7) is 2.14. The van der Waals surface area contributed by atoms with Gasteiger partial charge in [0.15, 0.2) is 0 Å². The average molecular weight is 221 g/mol. The second-order valence-electron chi connectivity index (χ2n) is 3.81. The van der Waals surface area contributed by atoms with Crippen molar-refractivity contribution in [1.82, 2.24) is 5.32 Å². The van der Waals surface area contributed by atoms with Crippen LogP contribution in [0.5, 0.6) is 5.75 Å². The molecule has 2 nitrogen and oxygen atoms in total. The van der Waals surface area contributed by atoms with Gasteiger partial charge in [-0.3, -0.25) is 0 Å². The molecule has 1 aromatic carbocycles. The lowest BCUT2D eigenvalue weighted by molar-refractivity contribution is 0.481. The molecule has 0 radical (unpaired) electrons. The molecule has 2 aromatic rings. The largest absolute Gasteiger partial charge is 0.507 e. The standard InChI is InChI=1S/C12H15NOS/c1-8(13-2)6-9-7-15-11-5-3-4-10(14)12(9)11/h3-5,7-8,13-14H,6H2,1-2H3. The number of phenolic OH excluding ortho intramolecular Hbond substituents is 1. The van der Waals surface area contributed by atoms with Crippen molar-refractivity contribution in [3.05, 3.63) is 29.1 Å². The molecule has 0 aliphatic heterocycles. The molecule has 0 saturated heterocycles. The second-order valence-corrected chi connectivity index (χ2v) is 4.72. The van der Waals surface area contributed by atoms with Crippen LogP contribution in [0.2, 0.25) is 0 Å². The maximum atomic E-state index is 9.81. The van der Waals surface area contributed by atoms with Crippen LogP contribution in [0.4, 0.5) is 0 Å². The van der Waals surface area contributed by atoms with Crippen LogP contribution >= 0.6 is 11.3 Å². The van der Waals surface area contributed by atoms with Gasteiger partial charge in [0.05, 0.1) is 0 Å². The van der Waals surface area contributed by atoms with E-state index in [9.17, 15) is 5.11 Å². The van der Waals surface area contributed by atoms with E-state index >= 15 is 0 Å². The molecule has 0 saturated carbocycles. The fourth-order valence-corrected chi connectivity index (χ4v) is 2.71. The number of hydrogen-bond acceptors (Lipinski definition) is 3. The number of phenols is 1. The van der Waals surface area contributed by atoms with Gasteiger partial charge in [-0.2, -0.15) is 0 Å². The number of hydrogen-bond donors (Lipinski definition) is 2. The minimum Gasteiger partial charge on any atom is -0.507 e. The van der Waals surface area contributed by atoms with Crippen molar-refractivity contribution < 1.29 is 5.11 Å². The number of rotatable bonds is 3. The van der Waals surface area contributed by atoms with Gasteiger partial charge in [0.2, 0.25) is 0 Å². The summed E-state index contributed by atoms with van der Waals surface area (Å²) in [5.74, 6) is 0.395. The quantitative estimate of drug-likeness (QED) is 0.835. The third kappa shape index (κ3) is 1.98. The van der Waals surface area contributed by atoms with Gasteiger partial charge >= 0.3 is 0 Å². The SMILES string of the molecule is CNC(C)Cc1csc2cccc(O)c12. The fourth-order valence-electron chi connectivity index (χ4n) is 1.72. The third-order valence-electron chi connectivity index (χ3n) is 2.67. The van der Waals surface area contributed by atoms with E-state index in [4.69, 9.17) is 0 Å². The highest BCUT2D eigenvalue weighted by molar-refractivity contribution is 7.17. The molecule has 0 aliphatic carbocycles. The Morgan fingerprint density at radius 1 is 1.47 bits per heavy atom. The Morgan fingerprint density at radius 3 is 3.00 bits per heavy atom. The molecule has 15 heavy (non-hydrogen) atoms. The molecule has 1 aromatic heterocycles. The van der Waals surface area contributed by atoms with Crippen LogP contribution in [0.1, 0.15) is 12.5 Å². The molecular formula is C12H15NOS. The lowest BCUT2D eigenvalue weighted by atomic mass is 10.1. The van der Waals surface area contributed by atoms with Gasteiger partial charge in [-0.05, 0) is 43.5 Å². The summed E-state index contributed by atoms with van der Waals surface area (Å²) in [7, 11) is 1.96. The first kappa shape index (κ1) is 10.5. The minimum atomic E-state index is 0.395. The van der Waals surface area contributed by atoms with Crippen molar-refractivity contribution in [2.75, 3.05) is 7.05 Å². The minimum absolute atomic E-state index is 0.395. The van der Waals surface area contributed by atoms with Crippen molar-refractivity contribution in [3.8, 4) is 5.75 Å². The van der Waals surface area contributed by atoms with Gasteiger partial charge in [0.25, 0.3) is 0 Å². The summed E-state index contributed by atoms with van der Waals surface area (Å²) >= 11 is 1.69. The number of thiophene rings is 1. The molecular weight excluding hydrogens is 206 g/mol. The van der Waals surface area contributed by atoms with Crippen molar-refractivity contribution >= 4 is 21.4 Å². The Kier molecular flexibility index (Phi) is 2.93. The number of benzene rings is 1. The van der Waals surface area contributed by atoms with E-state index in [-0.39, 0.29) is 0 Å². The molecule has 1 unspecified atom stereocenters. The van der Waals surface area contributed by atoms with Crippen molar-refractivity contribution in [1.29, 1.82) is 0 Å². The van der Waals surface area contributed by atoms with Crippen LogP contribution in [0.25, 0.3) is 10.1 Å². The van der Waals surface area contributed by atoms with Crippen LogP contribution in [-0.4, -0.2) is 18.2 Å². The van der Waals surface area contributed by atoms with Gasteiger partial charge in [0.1, 0.15) is 5.75 Å². The van der Waals surface area contributed by atoms with Gasteiger partial charge in [-0.25, -0.2) is 0 Å². The smallest absolute Gasteiger partial charge is 0.124 e. The predicted molar refractivity (Wildman–Crippen MR) is 65.7 cm³/mol. The zero-order valence-corrected chi connectivity index (χ0v) is 9.77. The summed E-state index contributed by atoms with van der Waals surface area (Å²) in [5, 5.41) is 16.2. The molecule has 1 atom stereocenters. The van der Waals surface area contributed by atoms with Crippen LogP contribution in [0.15, 0.2) is 23.6 Å². The number of aromatic hydroxyl groups is 1. The van der Waals surface area contributed by atoms with E-state index in [1.807, 2.05) is 19.2 Å². The third-order valence-corrected chi connectivity index (χ3v) is 3.67. The van der Waals surface area contributed by atoms with Crippen LogP contribution in [0.3, 0.4) is 0 Å². The normalized spacial score (nSPS) is 13.2.